The smallest absolute Gasteiger partial charge is 0.0618 e. The third-order valence-electron chi connectivity index (χ3n) is 2.82. The Morgan fingerprint density at radius 1 is 1.36 bits per heavy atom. The zero-order valence-electron chi connectivity index (χ0n) is 7.84. The second-order valence-electron chi connectivity index (χ2n) is 3.41. The van der Waals surface area contributed by atoms with E-state index in [-0.39, 0.29) is 0 Å². The minimum atomic E-state index is 0.671. The normalized spacial score (nSPS) is 33.0. The van der Waals surface area contributed by atoms with Gasteiger partial charge in [0, 0.05) is 19.2 Å². The van der Waals surface area contributed by atoms with E-state index in [0.29, 0.717) is 6.04 Å². The van der Waals surface area contributed by atoms with Crippen LogP contribution in [0.5, 0.6) is 0 Å². The summed E-state index contributed by atoms with van der Waals surface area (Å²) < 4.78 is 5.15. The van der Waals surface area contributed by atoms with Crippen molar-refractivity contribution in [2.45, 2.75) is 38.3 Å². The molecule has 1 rings (SSSR count). The van der Waals surface area contributed by atoms with E-state index in [9.17, 15) is 0 Å². The van der Waals surface area contributed by atoms with Gasteiger partial charge in [0.25, 0.3) is 0 Å². The van der Waals surface area contributed by atoms with E-state index in [2.05, 4.69) is 18.9 Å². The van der Waals surface area contributed by atoms with Gasteiger partial charge in [0.15, 0.2) is 0 Å². The number of rotatable bonds is 3. The number of methoxy groups -OCH3 is 1. The molecule has 0 spiro atoms. The predicted molar refractivity (Wildman–Crippen MR) is 46.7 cm³/mol. The number of ether oxygens (including phenoxy) is 1. The van der Waals surface area contributed by atoms with Crippen molar-refractivity contribution in [3.8, 4) is 0 Å². The van der Waals surface area contributed by atoms with Gasteiger partial charge in [-0.1, -0.05) is 6.92 Å². The maximum absolute atomic E-state index is 5.15. The van der Waals surface area contributed by atoms with Gasteiger partial charge in [-0.15, -0.1) is 0 Å². The fourth-order valence-electron chi connectivity index (χ4n) is 1.98. The van der Waals surface area contributed by atoms with Crippen molar-refractivity contribution in [1.82, 2.24) is 4.90 Å². The molecule has 0 bridgehead atoms. The van der Waals surface area contributed by atoms with Crippen LogP contribution in [-0.4, -0.2) is 37.7 Å². The Bertz CT molecular complexity index is 116. The lowest BCUT2D eigenvalue weighted by Gasteiger charge is -2.24. The fourth-order valence-corrected chi connectivity index (χ4v) is 1.98. The Morgan fingerprint density at radius 2 is 2.00 bits per heavy atom. The molecule has 0 saturated carbocycles. The number of likely N-dealkylation sites (N-methyl/N-ethyl adjacent to an activating group) is 1. The average molecular weight is 157 g/mol. The molecule has 2 heteroatoms. The van der Waals surface area contributed by atoms with E-state index in [4.69, 9.17) is 4.74 Å². The van der Waals surface area contributed by atoms with Gasteiger partial charge in [0.05, 0.1) is 6.61 Å². The molecule has 1 fully saturated rings. The molecule has 1 heterocycles. The van der Waals surface area contributed by atoms with Gasteiger partial charge in [0.1, 0.15) is 0 Å². The van der Waals surface area contributed by atoms with Crippen molar-refractivity contribution >= 4 is 0 Å². The van der Waals surface area contributed by atoms with Crippen molar-refractivity contribution in [1.29, 1.82) is 0 Å². The van der Waals surface area contributed by atoms with E-state index in [0.717, 1.165) is 12.6 Å². The second kappa shape index (κ2) is 4.07. The number of hydrogen-bond donors (Lipinski definition) is 0. The van der Waals surface area contributed by atoms with Crippen LogP contribution in [0.1, 0.15) is 26.2 Å². The molecule has 0 aromatic carbocycles. The Morgan fingerprint density at radius 3 is 2.45 bits per heavy atom. The summed E-state index contributed by atoms with van der Waals surface area (Å²) in [5.41, 5.74) is 0. The van der Waals surface area contributed by atoms with Crippen LogP contribution in [-0.2, 0) is 4.74 Å². The van der Waals surface area contributed by atoms with Crippen LogP contribution in [0.3, 0.4) is 0 Å². The third-order valence-corrected chi connectivity index (χ3v) is 2.82. The molecule has 11 heavy (non-hydrogen) atoms. The van der Waals surface area contributed by atoms with Gasteiger partial charge >= 0.3 is 0 Å². The molecule has 2 nitrogen and oxygen atoms in total. The van der Waals surface area contributed by atoms with Crippen molar-refractivity contribution in [2.24, 2.45) is 0 Å². The van der Waals surface area contributed by atoms with Gasteiger partial charge in [-0.05, 0) is 26.3 Å². The monoisotopic (exact) mass is 157 g/mol. The summed E-state index contributed by atoms with van der Waals surface area (Å²) in [6.07, 6.45) is 3.93. The first kappa shape index (κ1) is 9.01. The average Bonchev–Trinajstić information content (AvgIpc) is 2.34. The van der Waals surface area contributed by atoms with Crippen molar-refractivity contribution in [3.63, 3.8) is 0 Å². The lowest BCUT2D eigenvalue weighted by Crippen LogP contribution is -2.34. The number of nitrogens with zero attached hydrogens (tertiary/aromatic N) is 1. The summed E-state index contributed by atoms with van der Waals surface area (Å²) in [5, 5.41) is 0. The molecular weight excluding hydrogens is 138 g/mol. The minimum absolute atomic E-state index is 0.671. The molecule has 0 N–H and O–H groups in total. The molecule has 1 saturated heterocycles. The van der Waals surface area contributed by atoms with Gasteiger partial charge in [0.2, 0.25) is 0 Å². The van der Waals surface area contributed by atoms with Crippen LogP contribution in [0, 0.1) is 0 Å². The Hall–Kier alpha value is -0.0800. The molecule has 0 aliphatic carbocycles. The molecule has 1 aliphatic heterocycles. The van der Waals surface area contributed by atoms with Gasteiger partial charge in [-0.2, -0.15) is 0 Å². The summed E-state index contributed by atoms with van der Waals surface area (Å²) in [5.74, 6) is 0. The van der Waals surface area contributed by atoms with Gasteiger partial charge < -0.3 is 4.74 Å². The standard InChI is InChI=1S/C9H19NO/c1-4-8-5-6-9(7-11-3)10(8)2/h8-9H,4-7H2,1-3H3. The molecular formula is C9H19NO. The first-order valence-electron chi connectivity index (χ1n) is 4.50. The largest absolute Gasteiger partial charge is 0.383 e. The molecule has 2 atom stereocenters. The maximum atomic E-state index is 5.15. The van der Waals surface area contributed by atoms with Crippen LogP contribution in [0.2, 0.25) is 0 Å². The predicted octanol–water partition coefficient (Wildman–Crippen LogP) is 1.51. The summed E-state index contributed by atoms with van der Waals surface area (Å²) in [7, 11) is 4.00. The van der Waals surface area contributed by atoms with E-state index >= 15 is 0 Å². The second-order valence-corrected chi connectivity index (χ2v) is 3.41. The zero-order chi connectivity index (χ0) is 8.27. The Labute approximate surface area is 69.5 Å². The van der Waals surface area contributed by atoms with Crippen molar-refractivity contribution in [3.05, 3.63) is 0 Å². The topological polar surface area (TPSA) is 12.5 Å². The van der Waals surface area contributed by atoms with Crippen LogP contribution < -0.4 is 0 Å². The van der Waals surface area contributed by atoms with Crippen LogP contribution in [0.4, 0.5) is 0 Å². The summed E-state index contributed by atoms with van der Waals surface area (Å²) in [6, 6.07) is 1.47. The molecule has 2 unspecified atom stereocenters. The highest BCUT2D eigenvalue weighted by Gasteiger charge is 2.28. The van der Waals surface area contributed by atoms with Crippen LogP contribution in [0.25, 0.3) is 0 Å². The SMILES string of the molecule is CCC1CCC(COC)N1C. The number of likely N-dealkylation sites (tertiary alicyclic amines) is 1. The van der Waals surface area contributed by atoms with Crippen LogP contribution in [0.15, 0.2) is 0 Å². The van der Waals surface area contributed by atoms with Gasteiger partial charge in [-0.3, -0.25) is 4.90 Å². The highest BCUT2D eigenvalue weighted by molar-refractivity contribution is 4.83. The molecule has 0 radical (unpaired) electrons. The van der Waals surface area contributed by atoms with Crippen molar-refractivity contribution in [2.75, 3.05) is 20.8 Å². The van der Waals surface area contributed by atoms with Crippen molar-refractivity contribution < 1.29 is 4.74 Å². The molecule has 0 aromatic rings. The van der Waals surface area contributed by atoms with E-state index in [1.165, 1.54) is 19.3 Å². The molecule has 1 aliphatic rings. The molecule has 0 amide bonds. The minimum Gasteiger partial charge on any atom is -0.383 e. The highest BCUT2D eigenvalue weighted by Crippen LogP contribution is 2.23. The fraction of sp³-hybridized carbons (Fsp3) is 1.00. The van der Waals surface area contributed by atoms with Crippen LogP contribution >= 0.6 is 0 Å². The maximum Gasteiger partial charge on any atom is 0.0618 e. The zero-order valence-corrected chi connectivity index (χ0v) is 7.84. The van der Waals surface area contributed by atoms with E-state index < -0.39 is 0 Å². The summed E-state index contributed by atoms with van der Waals surface area (Å²) in [4.78, 5) is 2.46. The lowest BCUT2D eigenvalue weighted by atomic mass is 10.1. The first-order valence-corrected chi connectivity index (χ1v) is 4.50. The quantitative estimate of drug-likeness (QED) is 0.615. The summed E-state index contributed by atoms with van der Waals surface area (Å²) in [6.45, 7) is 3.16. The summed E-state index contributed by atoms with van der Waals surface area (Å²) >= 11 is 0. The van der Waals surface area contributed by atoms with E-state index in [1.54, 1.807) is 7.11 Å². The molecule has 66 valence electrons. The highest BCUT2D eigenvalue weighted by atomic mass is 16.5. The lowest BCUT2D eigenvalue weighted by molar-refractivity contribution is 0.113. The third kappa shape index (κ3) is 1.94. The van der Waals surface area contributed by atoms with Gasteiger partial charge in [-0.25, -0.2) is 0 Å². The molecule has 0 aromatic heterocycles. The Balaban J connectivity index is 2.35. The number of hydrogen-bond acceptors (Lipinski definition) is 2. The Kier molecular flexibility index (Phi) is 3.34. The van der Waals surface area contributed by atoms with E-state index in [1.807, 2.05) is 0 Å². The first-order chi connectivity index (χ1) is 5.29.